The summed E-state index contributed by atoms with van der Waals surface area (Å²) in [5.74, 6) is -12.0. The fourth-order valence-corrected chi connectivity index (χ4v) is 10.2. The number of fused-ring (bicyclic) bond motifs is 4. The highest BCUT2D eigenvalue weighted by atomic mass is 35.5. The van der Waals surface area contributed by atoms with E-state index in [0.717, 1.165) is 23.1 Å². The summed E-state index contributed by atoms with van der Waals surface area (Å²) < 4.78 is 86.1. The lowest BCUT2D eigenvalue weighted by molar-refractivity contribution is -0.274. The Hall–Kier alpha value is -6.72. The Morgan fingerprint density at radius 3 is 2.14 bits per heavy atom. The summed E-state index contributed by atoms with van der Waals surface area (Å²) in [5.41, 5.74) is -0.111. The molecule has 11 nitrogen and oxygen atoms in total. The number of amides is 4. The first-order valence-corrected chi connectivity index (χ1v) is 20.5. The Morgan fingerprint density at radius 2 is 1.49 bits per heavy atom. The van der Waals surface area contributed by atoms with E-state index in [0.29, 0.717) is 22.8 Å². The minimum Gasteiger partial charge on any atom is -0.508 e. The van der Waals surface area contributed by atoms with Crippen molar-refractivity contribution in [2.24, 2.45) is 23.7 Å². The van der Waals surface area contributed by atoms with E-state index in [-0.39, 0.29) is 51.6 Å². The smallest absolute Gasteiger partial charge is 0.508 e. The number of aromatic hydroxyl groups is 1. The Bertz CT molecular complexity index is 2840. The maximum absolute atomic E-state index is 15.4. The average Bonchev–Trinajstić information content (AvgIpc) is 3.65. The van der Waals surface area contributed by atoms with Crippen molar-refractivity contribution in [3.8, 4) is 11.5 Å². The SMILES string of the molecule is O=C(c1ccccc1)c1ccc(N2C(=O)C3CC=C4C(CC5C(=O)N(Nc6ncc(C(F)(F)F)cc6Cl)C(=O)C5(c5ccc(Cl)cc5)C4c4cc(OC(F)(F)F)ccc4O)C3C2=O)cc1. The maximum atomic E-state index is 15.4. The number of aromatic nitrogens is 1. The molecule has 3 fully saturated rings. The molecule has 65 heavy (non-hydrogen) atoms. The summed E-state index contributed by atoms with van der Waals surface area (Å²) >= 11 is 12.5. The number of ether oxygens (including phenoxy) is 1. The summed E-state index contributed by atoms with van der Waals surface area (Å²) in [7, 11) is 0. The van der Waals surface area contributed by atoms with E-state index in [9.17, 15) is 50.6 Å². The highest BCUT2D eigenvalue weighted by Gasteiger charge is 2.71. The average molecular weight is 936 g/mol. The fourth-order valence-electron chi connectivity index (χ4n) is 9.86. The van der Waals surface area contributed by atoms with Crippen LogP contribution in [-0.2, 0) is 30.8 Å². The summed E-state index contributed by atoms with van der Waals surface area (Å²) in [6, 6.07) is 23.0. The van der Waals surface area contributed by atoms with Crippen molar-refractivity contribution in [3.05, 3.63) is 159 Å². The number of ketones is 1. The zero-order chi connectivity index (χ0) is 46.3. The van der Waals surface area contributed by atoms with Gasteiger partial charge in [-0.2, -0.15) is 18.2 Å². The van der Waals surface area contributed by atoms with Crippen LogP contribution in [0.25, 0.3) is 0 Å². The molecule has 9 rings (SSSR count). The van der Waals surface area contributed by atoms with Crippen LogP contribution < -0.4 is 15.1 Å². The van der Waals surface area contributed by atoms with Crippen LogP contribution in [0.1, 0.15) is 51.4 Å². The Labute approximate surface area is 374 Å². The largest absolute Gasteiger partial charge is 0.573 e. The van der Waals surface area contributed by atoms with E-state index < -0.39 is 99.1 Å². The number of alkyl halides is 6. The van der Waals surface area contributed by atoms with Gasteiger partial charge in [0.05, 0.1) is 39.4 Å². The number of benzene rings is 4. The quantitative estimate of drug-likeness (QED) is 0.0673. The molecular weight excluding hydrogens is 905 g/mol. The molecule has 4 aromatic carbocycles. The number of hydrogen-bond donors (Lipinski definition) is 2. The van der Waals surface area contributed by atoms with Gasteiger partial charge in [0, 0.05) is 33.8 Å². The van der Waals surface area contributed by atoms with E-state index in [4.69, 9.17) is 23.2 Å². The van der Waals surface area contributed by atoms with E-state index in [1.807, 2.05) is 0 Å². The number of carbonyl (C=O) groups excluding carboxylic acids is 5. The molecule has 0 bridgehead atoms. The van der Waals surface area contributed by atoms with E-state index >= 15 is 4.79 Å². The summed E-state index contributed by atoms with van der Waals surface area (Å²) in [6.07, 6.45) is -8.49. The molecule has 332 valence electrons. The predicted octanol–water partition coefficient (Wildman–Crippen LogP) is 9.43. The zero-order valence-corrected chi connectivity index (χ0v) is 34.5. The van der Waals surface area contributed by atoms with Gasteiger partial charge >= 0.3 is 12.5 Å². The number of phenolic OH excluding ortho intramolecular Hbond substituents is 1. The van der Waals surface area contributed by atoms with Crippen molar-refractivity contribution < 1.29 is 60.2 Å². The molecule has 6 atom stereocenters. The Morgan fingerprint density at radius 1 is 0.815 bits per heavy atom. The number of carbonyl (C=O) groups is 5. The molecule has 0 radical (unpaired) electrons. The van der Waals surface area contributed by atoms with Crippen LogP contribution in [0.3, 0.4) is 0 Å². The normalized spacial score (nSPS) is 24.1. The van der Waals surface area contributed by atoms with Gasteiger partial charge in [-0.1, -0.05) is 77.3 Å². The molecule has 4 amide bonds. The van der Waals surface area contributed by atoms with Gasteiger partial charge in [-0.25, -0.2) is 4.98 Å². The van der Waals surface area contributed by atoms with Crippen LogP contribution in [0.15, 0.2) is 121 Å². The second-order valence-electron chi connectivity index (χ2n) is 15.9. The highest BCUT2D eigenvalue weighted by Crippen LogP contribution is 2.65. The molecule has 4 aliphatic rings. The Kier molecular flexibility index (Phi) is 10.6. The van der Waals surface area contributed by atoms with Crippen LogP contribution in [0.2, 0.25) is 10.0 Å². The van der Waals surface area contributed by atoms with Crippen molar-refractivity contribution in [1.82, 2.24) is 9.99 Å². The van der Waals surface area contributed by atoms with Gasteiger partial charge in [-0.15, -0.1) is 13.2 Å². The van der Waals surface area contributed by atoms with Gasteiger partial charge in [0.1, 0.15) is 11.5 Å². The van der Waals surface area contributed by atoms with Crippen molar-refractivity contribution in [2.75, 3.05) is 10.3 Å². The maximum Gasteiger partial charge on any atom is 0.573 e. The number of halogens is 8. The van der Waals surface area contributed by atoms with Gasteiger partial charge < -0.3 is 9.84 Å². The zero-order valence-electron chi connectivity index (χ0n) is 33.0. The van der Waals surface area contributed by atoms with Crippen LogP contribution in [0.4, 0.5) is 37.8 Å². The number of hydrazine groups is 1. The fraction of sp³-hybridized carbons (Fsp3) is 0.217. The molecule has 2 saturated heterocycles. The number of nitrogens with one attached hydrogen (secondary N) is 1. The number of phenols is 1. The third kappa shape index (κ3) is 7.26. The topological polar surface area (TPSA) is 146 Å². The molecule has 3 heterocycles. The number of nitrogens with zero attached hydrogens (tertiary/aromatic N) is 3. The van der Waals surface area contributed by atoms with Gasteiger partial charge in [0.25, 0.3) is 11.8 Å². The number of imide groups is 2. The number of hydrogen-bond acceptors (Lipinski definition) is 9. The predicted molar refractivity (Wildman–Crippen MR) is 220 cm³/mol. The summed E-state index contributed by atoms with van der Waals surface area (Å²) in [5, 5.41) is 11.7. The van der Waals surface area contributed by atoms with Crippen LogP contribution in [0.5, 0.6) is 11.5 Å². The molecule has 2 aliphatic carbocycles. The van der Waals surface area contributed by atoms with Gasteiger partial charge in [-0.05, 0) is 85.0 Å². The van der Waals surface area contributed by atoms with E-state index in [1.165, 1.54) is 48.5 Å². The van der Waals surface area contributed by atoms with Crippen LogP contribution in [-0.4, -0.2) is 50.9 Å². The van der Waals surface area contributed by atoms with E-state index in [1.54, 1.807) is 36.4 Å². The Balaban J connectivity index is 1.18. The molecule has 1 aromatic heterocycles. The summed E-state index contributed by atoms with van der Waals surface area (Å²) in [6.45, 7) is 0. The standard InChI is InChI=1S/C46H30Cl2F6N4O7/c47-26-10-8-24(9-11-26)44-33(41(62)58(43(44)64)56-39-34(48)18-25(21-55-39)45(49,50)51)20-31-29(37(44)32-19-28(14-17-35(32)59)65-46(52,53)54)15-16-30-36(31)42(63)57(40(30)61)27-12-6-23(7-13-27)38(60)22-4-2-1-3-5-22/h1-15,17-19,21,30-31,33,36-37,59H,16,20H2,(H,55,56). The lowest BCUT2D eigenvalue weighted by Gasteiger charge is -2.50. The van der Waals surface area contributed by atoms with E-state index in [2.05, 4.69) is 15.1 Å². The first-order valence-electron chi connectivity index (χ1n) is 19.8. The monoisotopic (exact) mass is 934 g/mol. The minimum atomic E-state index is -5.21. The number of rotatable bonds is 8. The molecule has 1 saturated carbocycles. The molecule has 6 unspecified atom stereocenters. The minimum absolute atomic E-state index is 0.0923. The van der Waals surface area contributed by atoms with Gasteiger partial charge in [-0.3, -0.25) is 34.3 Å². The van der Waals surface area contributed by atoms with Crippen LogP contribution in [0, 0.1) is 23.7 Å². The van der Waals surface area contributed by atoms with Crippen molar-refractivity contribution >= 4 is 64.1 Å². The lowest BCUT2D eigenvalue weighted by Crippen LogP contribution is -2.53. The van der Waals surface area contributed by atoms with Gasteiger partial charge in [0.15, 0.2) is 11.6 Å². The number of anilines is 2. The highest BCUT2D eigenvalue weighted by molar-refractivity contribution is 6.33. The molecule has 5 aromatic rings. The second-order valence-corrected chi connectivity index (χ2v) is 16.8. The van der Waals surface area contributed by atoms with Gasteiger partial charge in [0.2, 0.25) is 11.8 Å². The van der Waals surface area contributed by atoms with Crippen molar-refractivity contribution in [1.29, 1.82) is 0 Å². The van der Waals surface area contributed by atoms with Crippen LogP contribution >= 0.6 is 23.2 Å². The number of allylic oxidation sites excluding steroid dienone is 2. The summed E-state index contributed by atoms with van der Waals surface area (Å²) in [4.78, 5) is 77.3. The lowest BCUT2D eigenvalue weighted by atomic mass is 9.49. The molecule has 19 heteroatoms. The molecule has 0 spiro atoms. The second kappa shape index (κ2) is 15.8. The van der Waals surface area contributed by atoms with Crippen molar-refractivity contribution in [2.45, 2.75) is 36.7 Å². The third-order valence-corrected chi connectivity index (χ3v) is 13.1. The number of pyridine rings is 1. The first kappa shape index (κ1) is 43.5. The third-order valence-electron chi connectivity index (χ3n) is 12.5. The molecule has 2 aliphatic heterocycles. The first-order chi connectivity index (χ1) is 30.8. The molecule has 2 N–H and O–H groups in total. The van der Waals surface area contributed by atoms with Crippen molar-refractivity contribution in [3.63, 3.8) is 0 Å². The molecular formula is C46H30Cl2F6N4O7.